The smallest absolute Gasteiger partial charge is 0.213 e. The number of anilines is 1. The van der Waals surface area contributed by atoms with Crippen molar-refractivity contribution in [1.29, 1.82) is 0 Å². The molecule has 1 heterocycles. The van der Waals surface area contributed by atoms with Gasteiger partial charge in [-0.15, -0.1) is 0 Å². The van der Waals surface area contributed by atoms with Gasteiger partial charge in [0.2, 0.25) is 10.0 Å². The first-order valence-corrected chi connectivity index (χ1v) is 7.01. The normalized spacial score (nSPS) is 20.4. The largest absolute Gasteiger partial charge is 0.369 e. The molecule has 1 N–H and O–H groups in total. The molecule has 0 radical (unpaired) electrons. The average molecular weight is 240 g/mol. The number of sulfonamides is 1. The molecule has 2 rings (SSSR count). The molecule has 0 saturated carbocycles. The third-order valence-electron chi connectivity index (χ3n) is 2.73. The highest BCUT2D eigenvalue weighted by Crippen LogP contribution is 2.15. The fourth-order valence-electron chi connectivity index (χ4n) is 1.76. The number of aryl methyl sites for hydroxylation is 1. The van der Waals surface area contributed by atoms with Gasteiger partial charge in [-0.3, -0.25) is 0 Å². The van der Waals surface area contributed by atoms with Crippen LogP contribution in [0.25, 0.3) is 0 Å². The van der Waals surface area contributed by atoms with Gasteiger partial charge in [0, 0.05) is 25.3 Å². The predicted octanol–water partition coefficient (Wildman–Crippen LogP) is 0.734. The molecule has 0 bridgehead atoms. The quantitative estimate of drug-likeness (QED) is 0.787. The van der Waals surface area contributed by atoms with Crippen LogP contribution in [-0.4, -0.2) is 33.8 Å². The summed E-state index contributed by atoms with van der Waals surface area (Å²) in [6.07, 6.45) is 0. The summed E-state index contributed by atoms with van der Waals surface area (Å²) < 4.78 is 25.3. The lowest BCUT2D eigenvalue weighted by Gasteiger charge is -2.21. The molecule has 88 valence electrons. The molecule has 0 aliphatic carbocycles. The highest BCUT2D eigenvalue weighted by molar-refractivity contribution is 7.89. The van der Waals surface area contributed by atoms with Crippen molar-refractivity contribution in [2.75, 3.05) is 30.3 Å². The number of hydrogen-bond acceptors (Lipinski definition) is 3. The van der Waals surface area contributed by atoms with Gasteiger partial charge in [0.05, 0.1) is 5.75 Å². The molecular formula is C11H16N2O2S. The highest BCUT2D eigenvalue weighted by atomic mass is 32.2. The Morgan fingerprint density at radius 2 is 1.88 bits per heavy atom. The fraction of sp³-hybridized carbons (Fsp3) is 0.455. The SMILES string of the molecule is Cc1ccc(N2CCNS(=O)(=O)CC2)cc1. The summed E-state index contributed by atoms with van der Waals surface area (Å²) in [5, 5.41) is 0. The van der Waals surface area contributed by atoms with Crippen LogP contribution in [0.2, 0.25) is 0 Å². The van der Waals surface area contributed by atoms with Crippen LogP contribution in [0.15, 0.2) is 24.3 Å². The van der Waals surface area contributed by atoms with Gasteiger partial charge in [-0.1, -0.05) is 17.7 Å². The van der Waals surface area contributed by atoms with Gasteiger partial charge in [0.15, 0.2) is 0 Å². The summed E-state index contributed by atoms with van der Waals surface area (Å²) in [6, 6.07) is 8.16. The maximum atomic E-state index is 11.4. The standard InChI is InChI=1S/C11H16N2O2S/c1-10-2-4-11(5-3-10)13-7-6-12-16(14,15)9-8-13/h2-5,12H,6-9H2,1H3. The minimum Gasteiger partial charge on any atom is -0.369 e. The Hall–Kier alpha value is -1.07. The van der Waals surface area contributed by atoms with Gasteiger partial charge in [-0.2, -0.15) is 0 Å². The van der Waals surface area contributed by atoms with E-state index in [1.165, 1.54) is 5.56 Å². The van der Waals surface area contributed by atoms with E-state index >= 15 is 0 Å². The Morgan fingerprint density at radius 3 is 2.56 bits per heavy atom. The third-order valence-corrected chi connectivity index (χ3v) is 4.10. The van der Waals surface area contributed by atoms with Crippen molar-refractivity contribution in [3.63, 3.8) is 0 Å². The van der Waals surface area contributed by atoms with E-state index < -0.39 is 10.0 Å². The molecule has 1 saturated heterocycles. The van der Waals surface area contributed by atoms with E-state index in [0.29, 0.717) is 13.1 Å². The van der Waals surface area contributed by atoms with Crippen LogP contribution < -0.4 is 9.62 Å². The molecule has 1 aromatic rings. The van der Waals surface area contributed by atoms with Crippen LogP contribution in [0.5, 0.6) is 0 Å². The fourth-order valence-corrected chi connectivity index (χ4v) is 2.77. The number of rotatable bonds is 1. The number of hydrogen-bond donors (Lipinski definition) is 1. The maximum Gasteiger partial charge on any atom is 0.213 e. The van der Waals surface area contributed by atoms with Crippen molar-refractivity contribution in [2.24, 2.45) is 0 Å². The van der Waals surface area contributed by atoms with Crippen molar-refractivity contribution in [2.45, 2.75) is 6.92 Å². The molecule has 1 aliphatic heterocycles. The van der Waals surface area contributed by atoms with Gasteiger partial charge in [-0.25, -0.2) is 13.1 Å². The Bertz CT molecular complexity index is 453. The molecule has 0 amide bonds. The molecule has 16 heavy (non-hydrogen) atoms. The van der Waals surface area contributed by atoms with E-state index in [9.17, 15) is 8.42 Å². The molecule has 0 unspecified atom stereocenters. The highest BCUT2D eigenvalue weighted by Gasteiger charge is 2.18. The first-order valence-electron chi connectivity index (χ1n) is 5.36. The Balaban J connectivity index is 2.13. The van der Waals surface area contributed by atoms with Crippen LogP contribution in [0.1, 0.15) is 5.56 Å². The van der Waals surface area contributed by atoms with Crippen LogP contribution in [0.3, 0.4) is 0 Å². The van der Waals surface area contributed by atoms with Gasteiger partial charge < -0.3 is 4.90 Å². The molecule has 1 fully saturated rings. The molecule has 1 aliphatic rings. The van der Waals surface area contributed by atoms with Gasteiger partial charge in [0.1, 0.15) is 0 Å². The Kier molecular flexibility index (Phi) is 3.16. The monoisotopic (exact) mass is 240 g/mol. The maximum absolute atomic E-state index is 11.4. The average Bonchev–Trinajstić information content (AvgIpc) is 2.41. The number of nitrogens with one attached hydrogen (secondary N) is 1. The van der Waals surface area contributed by atoms with Crippen LogP contribution >= 0.6 is 0 Å². The van der Waals surface area contributed by atoms with E-state index in [1.807, 2.05) is 31.2 Å². The van der Waals surface area contributed by atoms with Crippen molar-refractivity contribution in [1.82, 2.24) is 4.72 Å². The molecule has 0 aromatic heterocycles. The second-order valence-corrected chi connectivity index (χ2v) is 5.96. The van der Waals surface area contributed by atoms with Crippen molar-refractivity contribution in [3.8, 4) is 0 Å². The zero-order chi connectivity index (χ0) is 11.6. The Labute approximate surface area is 96.3 Å². The first kappa shape index (κ1) is 11.4. The van der Waals surface area contributed by atoms with E-state index in [-0.39, 0.29) is 5.75 Å². The van der Waals surface area contributed by atoms with Crippen molar-refractivity contribution < 1.29 is 8.42 Å². The summed E-state index contributed by atoms with van der Waals surface area (Å²) in [4.78, 5) is 2.09. The van der Waals surface area contributed by atoms with E-state index in [1.54, 1.807) is 0 Å². The lowest BCUT2D eigenvalue weighted by atomic mass is 10.2. The van der Waals surface area contributed by atoms with Gasteiger partial charge in [0.25, 0.3) is 0 Å². The minimum absolute atomic E-state index is 0.168. The predicted molar refractivity (Wildman–Crippen MR) is 65.2 cm³/mol. The molecule has 4 nitrogen and oxygen atoms in total. The van der Waals surface area contributed by atoms with Crippen LogP contribution in [0.4, 0.5) is 5.69 Å². The number of nitrogens with zero attached hydrogens (tertiary/aromatic N) is 1. The molecule has 0 atom stereocenters. The molecule has 5 heteroatoms. The summed E-state index contributed by atoms with van der Waals surface area (Å²) in [5.74, 6) is 0.168. The summed E-state index contributed by atoms with van der Waals surface area (Å²) in [5.41, 5.74) is 2.30. The number of benzene rings is 1. The molecule has 1 aromatic carbocycles. The van der Waals surface area contributed by atoms with Crippen molar-refractivity contribution >= 4 is 15.7 Å². The Morgan fingerprint density at radius 1 is 1.19 bits per heavy atom. The summed E-state index contributed by atoms with van der Waals surface area (Å²) in [7, 11) is -3.06. The summed E-state index contributed by atoms with van der Waals surface area (Å²) in [6.45, 7) is 3.80. The zero-order valence-corrected chi connectivity index (χ0v) is 10.1. The van der Waals surface area contributed by atoms with Gasteiger partial charge in [-0.05, 0) is 19.1 Å². The second kappa shape index (κ2) is 4.43. The van der Waals surface area contributed by atoms with Crippen LogP contribution in [0, 0.1) is 6.92 Å². The van der Waals surface area contributed by atoms with Crippen LogP contribution in [-0.2, 0) is 10.0 Å². The first-order chi connectivity index (χ1) is 7.57. The minimum atomic E-state index is -3.06. The van der Waals surface area contributed by atoms with E-state index in [0.717, 1.165) is 12.2 Å². The van der Waals surface area contributed by atoms with E-state index in [4.69, 9.17) is 0 Å². The second-order valence-electron chi connectivity index (χ2n) is 4.04. The van der Waals surface area contributed by atoms with E-state index in [2.05, 4.69) is 9.62 Å². The third kappa shape index (κ3) is 2.74. The molecule has 0 spiro atoms. The zero-order valence-electron chi connectivity index (χ0n) is 9.31. The van der Waals surface area contributed by atoms with Gasteiger partial charge >= 0.3 is 0 Å². The lowest BCUT2D eigenvalue weighted by molar-refractivity contribution is 0.586. The molecular weight excluding hydrogens is 224 g/mol. The summed E-state index contributed by atoms with van der Waals surface area (Å²) >= 11 is 0. The lowest BCUT2D eigenvalue weighted by Crippen LogP contribution is -2.28. The van der Waals surface area contributed by atoms with Crippen molar-refractivity contribution in [3.05, 3.63) is 29.8 Å². The topological polar surface area (TPSA) is 49.4 Å².